The Kier molecular flexibility index (Phi) is 5.15. The van der Waals surface area contributed by atoms with E-state index in [0.29, 0.717) is 6.42 Å². The molecule has 0 heterocycles. The number of aliphatic carboxylic acids is 1. The monoisotopic (exact) mass is 202 g/mol. The van der Waals surface area contributed by atoms with Gasteiger partial charge in [-0.25, -0.2) is 0 Å². The average molecular weight is 202 g/mol. The first-order chi connectivity index (χ1) is 6.46. The van der Waals surface area contributed by atoms with Crippen molar-refractivity contribution in [2.45, 2.75) is 32.2 Å². The number of amides is 1. The Hall–Kier alpha value is -1.10. The minimum atomic E-state index is -1.01. The summed E-state index contributed by atoms with van der Waals surface area (Å²) in [6.07, 6.45) is 1.25. The second-order valence-electron chi connectivity index (χ2n) is 3.41. The Morgan fingerprint density at radius 3 is 2.36 bits per heavy atom. The van der Waals surface area contributed by atoms with Crippen molar-refractivity contribution in [1.29, 1.82) is 0 Å². The van der Waals surface area contributed by atoms with Gasteiger partial charge in [0.1, 0.15) is 5.54 Å². The number of carbonyl (C=O) groups excluding carboxylic acids is 1. The van der Waals surface area contributed by atoms with Gasteiger partial charge in [0, 0.05) is 7.05 Å². The van der Waals surface area contributed by atoms with Crippen molar-refractivity contribution in [2.24, 2.45) is 0 Å². The molecule has 0 bridgehead atoms. The fourth-order valence-electron chi connectivity index (χ4n) is 1.13. The third kappa shape index (κ3) is 3.74. The van der Waals surface area contributed by atoms with Crippen molar-refractivity contribution in [3.05, 3.63) is 0 Å². The molecule has 0 aliphatic carbocycles. The summed E-state index contributed by atoms with van der Waals surface area (Å²) in [7, 11) is 1.52. The molecule has 0 aliphatic heterocycles. The maximum Gasteiger partial charge on any atom is 0.323 e. The lowest BCUT2D eigenvalue weighted by Gasteiger charge is -2.25. The molecule has 0 fully saturated rings. The number of carboxylic acid groups (broad SMARTS) is 1. The van der Waals surface area contributed by atoms with Crippen LogP contribution in [-0.4, -0.2) is 36.1 Å². The van der Waals surface area contributed by atoms with E-state index in [1.807, 2.05) is 6.92 Å². The summed E-state index contributed by atoms with van der Waals surface area (Å²) in [5, 5.41) is 14.1. The average Bonchev–Trinajstić information content (AvgIpc) is 2.14. The number of likely N-dealkylation sites (N-methyl/N-ethyl adjacent to an activating group) is 1. The van der Waals surface area contributed by atoms with Crippen molar-refractivity contribution in [2.75, 3.05) is 13.6 Å². The Labute approximate surface area is 83.9 Å². The molecule has 1 unspecified atom stereocenters. The number of nitrogens with one attached hydrogen (secondary N) is 2. The molecule has 0 saturated carbocycles. The zero-order chi connectivity index (χ0) is 11.2. The van der Waals surface area contributed by atoms with Crippen molar-refractivity contribution >= 4 is 11.9 Å². The predicted octanol–water partition coefficient (Wildman–Crippen LogP) is -0.0346. The Balaban J connectivity index is 4.23. The van der Waals surface area contributed by atoms with Crippen LogP contribution in [0.1, 0.15) is 26.7 Å². The second kappa shape index (κ2) is 5.59. The van der Waals surface area contributed by atoms with E-state index in [1.165, 1.54) is 7.05 Å². The summed E-state index contributed by atoms with van der Waals surface area (Å²) in [5.74, 6) is -1.14. The molecular formula is C9H18N2O3. The van der Waals surface area contributed by atoms with Gasteiger partial charge in [-0.15, -0.1) is 0 Å². The lowest BCUT2D eigenvalue weighted by atomic mass is 9.96. The van der Waals surface area contributed by atoms with Crippen LogP contribution in [0, 0.1) is 0 Å². The molecule has 0 aromatic carbocycles. The maximum absolute atomic E-state index is 10.9. The molecule has 3 N–H and O–H groups in total. The minimum absolute atomic E-state index is 0.0271. The summed E-state index contributed by atoms with van der Waals surface area (Å²) < 4.78 is 0. The number of carbonyl (C=O) groups is 2. The van der Waals surface area contributed by atoms with Gasteiger partial charge >= 0.3 is 5.97 Å². The first-order valence-corrected chi connectivity index (χ1v) is 4.65. The van der Waals surface area contributed by atoms with Gasteiger partial charge in [0.2, 0.25) is 5.91 Å². The van der Waals surface area contributed by atoms with E-state index in [0.717, 1.165) is 6.42 Å². The molecule has 14 heavy (non-hydrogen) atoms. The molecule has 1 atom stereocenters. The zero-order valence-electron chi connectivity index (χ0n) is 8.89. The van der Waals surface area contributed by atoms with Crippen LogP contribution in [0.15, 0.2) is 0 Å². The second-order valence-corrected chi connectivity index (χ2v) is 3.41. The van der Waals surface area contributed by atoms with Crippen LogP contribution in [0.4, 0.5) is 0 Å². The number of carboxylic acids is 1. The third-order valence-electron chi connectivity index (χ3n) is 2.14. The molecule has 0 aromatic heterocycles. The quantitative estimate of drug-likeness (QED) is 0.565. The largest absolute Gasteiger partial charge is 0.480 e. The highest BCUT2D eigenvalue weighted by molar-refractivity contribution is 5.81. The lowest BCUT2D eigenvalue weighted by Crippen LogP contribution is -2.52. The normalized spacial score (nSPS) is 14.5. The van der Waals surface area contributed by atoms with Gasteiger partial charge in [0.25, 0.3) is 0 Å². The van der Waals surface area contributed by atoms with Gasteiger partial charge in [0.15, 0.2) is 0 Å². The highest BCUT2D eigenvalue weighted by Gasteiger charge is 2.31. The summed E-state index contributed by atoms with van der Waals surface area (Å²) in [6, 6.07) is 0. The van der Waals surface area contributed by atoms with Gasteiger partial charge < -0.3 is 10.4 Å². The Bertz CT molecular complexity index is 218. The molecule has 82 valence electrons. The summed E-state index contributed by atoms with van der Waals surface area (Å²) in [6.45, 7) is 3.52. The zero-order valence-corrected chi connectivity index (χ0v) is 8.89. The van der Waals surface area contributed by atoms with Crippen LogP contribution in [0.5, 0.6) is 0 Å². The molecule has 5 heteroatoms. The number of hydrogen-bond donors (Lipinski definition) is 3. The minimum Gasteiger partial charge on any atom is -0.480 e. The van der Waals surface area contributed by atoms with Crippen LogP contribution < -0.4 is 10.6 Å². The van der Waals surface area contributed by atoms with E-state index in [-0.39, 0.29) is 12.5 Å². The first-order valence-electron chi connectivity index (χ1n) is 4.65. The van der Waals surface area contributed by atoms with Crippen molar-refractivity contribution < 1.29 is 14.7 Å². The van der Waals surface area contributed by atoms with Crippen LogP contribution in [0.25, 0.3) is 0 Å². The molecule has 0 aliphatic rings. The highest BCUT2D eigenvalue weighted by Crippen LogP contribution is 2.11. The topological polar surface area (TPSA) is 78.4 Å². The van der Waals surface area contributed by atoms with Gasteiger partial charge in [-0.2, -0.15) is 0 Å². The smallest absolute Gasteiger partial charge is 0.323 e. The molecule has 0 radical (unpaired) electrons. The molecule has 0 aromatic rings. The summed E-state index contributed by atoms with van der Waals surface area (Å²) >= 11 is 0. The predicted molar refractivity (Wildman–Crippen MR) is 53.0 cm³/mol. The van der Waals surface area contributed by atoms with E-state index in [9.17, 15) is 9.59 Å². The highest BCUT2D eigenvalue weighted by atomic mass is 16.4. The van der Waals surface area contributed by atoms with Gasteiger partial charge in [0.05, 0.1) is 6.54 Å². The van der Waals surface area contributed by atoms with Crippen LogP contribution in [-0.2, 0) is 9.59 Å². The van der Waals surface area contributed by atoms with E-state index < -0.39 is 11.5 Å². The van der Waals surface area contributed by atoms with Gasteiger partial charge in [-0.3, -0.25) is 14.9 Å². The molecule has 0 spiro atoms. The lowest BCUT2D eigenvalue weighted by molar-refractivity contribution is -0.144. The molecular weight excluding hydrogens is 184 g/mol. The molecule has 0 rings (SSSR count). The van der Waals surface area contributed by atoms with Crippen LogP contribution in [0.3, 0.4) is 0 Å². The van der Waals surface area contributed by atoms with E-state index in [1.54, 1.807) is 6.92 Å². The summed E-state index contributed by atoms with van der Waals surface area (Å²) in [5.41, 5.74) is -1.01. The SMILES string of the molecule is CCCC(C)(NCC(=O)NC)C(=O)O. The van der Waals surface area contributed by atoms with Gasteiger partial charge in [-0.1, -0.05) is 13.3 Å². The molecule has 1 amide bonds. The van der Waals surface area contributed by atoms with Crippen LogP contribution in [0.2, 0.25) is 0 Å². The van der Waals surface area contributed by atoms with E-state index >= 15 is 0 Å². The fourth-order valence-corrected chi connectivity index (χ4v) is 1.13. The molecule has 0 saturated heterocycles. The first kappa shape index (κ1) is 12.9. The maximum atomic E-state index is 10.9. The standard InChI is InChI=1S/C9H18N2O3/c1-4-5-9(2,8(13)14)11-6-7(12)10-3/h11H,4-6H2,1-3H3,(H,10,12)(H,13,14). The Morgan fingerprint density at radius 2 is 2.00 bits per heavy atom. The van der Waals surface area contributed by atoms with Crippen molar-refractivity contribution in [3.63, 3.8) is 0 Å². The number of rotatable bonds is 6. The van der Waals surface area contributed by atoms with Crippen LogP contribution >= 0.6 is 0 Å². The Morgan fingerprint density at radius 1 is 1.43 bits per heavy atom. The van der Waals surface area contributed by atoms with E-state index in [2.05, 4.69) is 10.6 Å². The fraction of sp³-hybridized carbons (Fsp3) is 0.778. The number of hydrogen-bond acceptors (Lipinski definition) is 3. The van der Waals surface area contributed by atoms with E-state index in [4.69, 9.17) is 5.11 Å². The van der Waals surface area contributed by atoms with Gasteiger partial charge in [-0.05, 0) is 13.3 Å². The summed E-state index contributed by atoms with van der Waals surface area (Å²) in [4.78, 5) is 21.8. The van der Waals surface area contributed by atoms with Crippen molar-refractivity contribution in [1.82, 2.24) is 10.6 Å². The molecule has 5 nitrogen and oxygen atoms in total. The van der Waals surface area contributed by atoms with Crippen molar-refractivity contribution in [3.8, 4) is 0 Å². The third-order valence-corrected chi connectivity index (χ3v) is 2.14.